The third-order valence-electron chi connectivity index (χ3n) is 3.15. The molecule has 0 heterocycles. The van der Waals surface area contributed by atoms with Crippen LogP contribution in [0.5, 0.6) is 0 Å². The second-order valence-electron chi connectivity index (χ2n) is 5.43. The number of hydrazone groups is 1. The van der Waals surface area contributed by atoms with E-state index in [1.807, 2.05) is 71.0 Å². The number of hydrogen-bond donors (Lipinski definition) is 3. The van der Waals surface area contributed by atoms with Gasteiger partial charge in [-0.05, 0) is 38.5 Å². The third-order valence-corrected chi connectivity index (χ3v) is 3.15. The van der Waals surface area contributed by atoms with Crippen LogP contribution < -0.4 is 10.7 Å². The highest BCUT2D eigenvalue weighted by Gasteiger charge is 1.99. The van der Waals surface area contributed by atoms with Crippen molar-refractivity contribution in [1.29, 1.82) is 0 Å². The molecular formula is C21H31N3O2. The summed E-state index contributed by atoms with van der Waals surface area (Å²) in [6, 6.07) is 14.0. The van der Waals surface area contributed by atoms with Gasteiger partial charge in [0.05, 0.1) is 12.8 Å². The molecule has 2 aromatic rings. The molecule has 5 heteroatoms. The maximum Gasteiger partial charge on any atom is 0.259 e. The van der Waals surface area contributed by atoms with Crippen LogP contribution in [0.1, 0.15) is 36.1 Å². The first-order chi connectivity index (χ1) is 12.5. The van der Waals surface area contributed by atoms with Crippen molar-refractivity contribution in [2.24, 2.45) is 5.10 Å². The molecule has 1 amide bonds. The summed E-state index contributed by atoms with van der Waals surface area (Å²) < 4.78 is 0. The van der Waals surface area contributed by atoms with Gasteiger partial charge in [-0.3, -0.25) is 4.79 Å². The van der Waals surface area contributed by atoms with Crippen molar-refractivity contribution in [2.45, 2.75) is 34.6 Å². The van der Waals surface area contributed by atoms with Crippen LogP contribution >= 0.6 is 0 Å². The van der Waals surface area contributed by atoms with Gasteiger partial charge in [0.1, 0.15) is 0 Å². The van der Waals surface area contributed by atoms with E-state index in [0.29, 0.717) is 0 Å². The van der Waals surface area contributed by atoms with Gasteiger partial charge in [-0.2, -0.15) is 5.10 Å². The molecule has 0 unspecified atom stereocenters. The van der Waals surface area contributed by atoms with Crippen LogP contribution in [0.3, 0.4) is 0 Å². The zero-order valence-electron chi connectivity index (χ0n) is 16.6. The van der Waals surface area contributed by atoms with Crippen LogP contribution in [-0.4, -0.2) is 30.9 Å². The summed E-state index contributed by atoms with van der Waals surface area (Å²) in [5.74, 6) is -0.179. The van der Waals surface area contributed by atoms with E-state index < -0.39 is 0 Å². The van der Waals surface area contributed by atoms with Gasteiger partial charge in [-0.1, -0.05) is 60.9 Å². The highest BCUT2D eigenvalue weighted by Crippen LogP contribution is 2.08. The fourth-order valence-corrected chi connectivity index (χ4v) is 2.16. The number of nitrogens with one attached hydrogen (secondary N) is 2. The summed E-state index contributed by atoms with van der Waals surface area (Å²) in [5, 5.41) is 14.0. The van der Waals surface area contributed by atoms with Crippen molar-refractivity contribution in [3.63, 3.8) is 0 Å². The maximum atomic E-state index is 11.7. The van der Waals surface area contributed by atoms with E-state index in [1.165, 1.54) is 16.7 Å². The lowest BCUT2D eigenvalue weighted by atomic mass is 10.1. The Morgan fingerprint density at radius 1 is 0.962 bits per heavy atom. The van der Waals surface area contributed by atoms with Gasteiger partial charge in [-0.25, -0.2) is 5.43 Å². The zero-order valence-corrected chi connectivity index (χ0v) is 16.6. The van der Waals surface area contributed by atoms with Gasteiger partial charge in [0.25, 0.3) is 5.91 Å². The topological polar surface area (TPSA) is 73.7 Å². The Hall–Kier alpha value is -2.66. The van der Waals surface area contributed by atoms with E-state index in [9.17, 15) is 4.79 Å². The summed E-state index contributed by atoms with van der Waals surface area (Å²) in [6.45, 7) is 10.3. The largest absolute Gasteiger partial charge is 0.400 e. The van der Waals surface area contributed by atoms with Crippen molar-refractivity contribution < 1.29 is 9.90 Å². The summed E-state index contributed by atoms with van der Waals surface area (Å²) in [7, 11) is 1.00. The highest BCUT2D eigenvalue weighted by atomic mass is 16.2. The summed E-state index contributed by atoms with van der Waals surface area (Å²) in [6.07, 6.45) is 1.66. The Bertz CT molecular complexity index is 660. The molecule has 0 bridgehead atoms. The monoisotopic (exact) mass is 357 g/mol. The lowest BCUT2D eigenvalue weighted by molar-refractivity contribution is -0.119. The Labute approximate surface area is 157 Å². The predicted molar refractivity (Wildman–Crippen MR) is 111 cm³/mol. The molecule has 26 heavy (non-hydrogen) atoms. The van der Waals surface area contributed by atoms with Crippen molar-refractivity contribution in [3.8, 4) is 0 Å². The average molecular weight is 357 g/mol. The SMILES string of the molecule is CC.CO.Cc1ccc(NCC(=O)N/N=C/c2cc(C)cc(C)c2)cc1. The molecule has 0 aliphatic rings. The number of carbonyl (C=O) groups excluding carboxylic acids is 1. The standard InChI is InChI=1S/C18H21N3O.C2H6.CH4O/c1-13-4-6-17(7-5-13)19-12-18(22)21-20-11-16-9-14(2)8-15(3)10-16;2*1-2/h4-11,19H,12H2,1-3H3,(H,21,22);1-2H3;2H,1H3/b20-11+;;. The minimum Gasteiger partial charge on any atom is -0.400 e. The highest BCUT2D eigenvalue weighted by molar-refractivity contribution is 5.84. The molecule has 0 aromatic heterocycles. The van der Waals surface area contributed by atoms with Crippen LogP contribution in [0.25, 0.3) is 0 Å². The molecular weight excluding hydrogens is 326 g/mol. The van der Waals surface area contributed by atoms with E-state index >= 15 is 0 Å². The Morgan fingerprint density at radius 3 is 2.04 bits per heavy atom. The van der Waals surface area contributed by atoms with Crippen molar-refractivity contribution in [2.75, 3.05) is 19.0 Å². The lowest BCUT2D eigenvalue weighted by Crippen LogP contribution is -2.25. The molecule has 142 valence electrons. The minimum absolute atomic E-state index is 0.179. The molecule has 5 nitrogen and oxygen atoms in total. The summed E-state index contributed by atoms with van der Waals surface area (Å²) in [4.78, 5) is 11.7. The number of rotatable bonds is 5. The lowest BCUT2D eigenvalue weighted by Gasteiger charge is -2.05. The molecule has 3 N–H and O–H groups in total. The molecule has 0 radical (unpaired) electrons. The molecule has 2 aromatic carbocycles. The van der Waals surface area contributed by atoms with Gasteiger partial charge in [0.15, 0.2) is 0 Å². The Kier molecular flexibility index (Phi) is 12.2. The molecule has 0 fully saturated rings. The first kappa shape index (κ1) is 23.3. The number of nitrogens with zero attached hydrogens (tertiary/aromatic N) is 1. The fourth-order valence-electron chi connectivity index (χ4n) is 2.16. The summed E-state index contributed by atoms with van der Waals surface area (Å²) >= 11 is 0. The van der Waals surface area contributed by atoms with Gasteiger partial charge >= 0.3 is 0 Å². The normalized spacial score (nSPS) is 9.50. The second-order valence-corrected chi connectivity index (χ2v) is 5.43. The Balaban J connectivity index is 0.00000146. The minimum atomic E-state index is -0.179. The van der Waals surface area contributed by atoms with Crippen molar-refractivity contribution in [1.82, 2.24) is 5.43 Å². The smallest absolute Gasteiger partial charge is 0.259 e. The first-order valence-electron chi connectivity index (χ1n) is 8.68. The quantitative estimate of drug-likeness (QED) is 0.563. The van der Waals surface area contributed by atoms with Crippen molar-refractivity contribution in [3.05, 3.63) is 64.7 Å². The molecule has 0 aliphatic heterocycles. The number of hydrogen-bond acceptors (Lipinski definition) is 4. The first-order valence-corrected chi connectivity index (χ1v) is 8.68. The number of carbonyl (C=O) groups is 1. The van der Waals surface area contributed by atoms with Gasteiger partial charge < -0.3 is 10.4 Å². The molecule has 0 saturated carbocycles. The van der Waals surface area contributed by atoms with Gasteiger partial charge in [-0.15, -0.1) is 0 Å². The second kappa shape index (κ2) is 13.6. The van der Waals surface area contributed by atoms with Crippen LogP contribution in [0.4, 0.5) is 5.69 Å². The van der Waals surface area contributed by atoms with Crippen molar-refractivity contribution >= 4 is 17.8 Å². The fraction of sp³-hybridized carbons (Fsp3) is 0.333. The number of amides is 1. The molecule has 0 spiro atoms. The molecule has 0 saturated heterocycles. The number of aryl methyl sites for hydroxylation is 3. The van der Waals surface area contributed by atoms with Crippen LogP contribution in [0.15, 0.2) is 47.6 Å². The molecule has 0 atom stereocenters. The maximum absolute atomic E-state index is 11.7. The van der Waals surface area contributed by atoms with Gasteiger partial charge in [0.2, 0.25) is 0 Å². The number of benzene rings is 2. The van der Waals surface area contributed by atoms with E-state index in [1.54, 1.807) is 6.21 Å². The zero-order chi connectivity index (χ0) is 19.9. The third kappa shape index (κ3) is 9.59. The van der Waals surface area contributed by atoms with Crippen LogP contribution in [0, 0.1) is 20.8 Å². The molecule has 0 aliphatic carbocycles. The average Bonchev–Trinajstić information content (AvgIpc) is 2.64. The van der Waals surface area contributed by atoms with E-state index in [2.05, 4.69) is 21.9 Å². The van der Waals surface area contributed by atoms with E-state index in [4.69, 9.17) is 5.11 Å². The number of aliphatic hydroxyl groups excluding tert-OH is 1. The van der Waals surface area contributed by atoms with Crippen LogP contribution in [-0.2, 0) is 4.79 Å². The van der Waals surface area contributed by atoms with E-state index in [0.717, 1.165) is 18.4 Å². The molecule has 2 rings (SSSR count). The Morgan fingerprint density at radius 2 is 1.50 bits per heavy atom. The van der Waals surface area contributed by atoms with Crippen LogP contribution in [0.2, 0.25) is 0 Å². The number of anilines is 1. The van der Waals surface area contributed by atoms with E-state index in [-0.39, 0.29) is 12.5 Å². The van der Waals surface area contributed by atoms with Gasteiger partial charge in [0, 0.05) is 12.8 Å². The summed E-state index contributed by atoms with van der Waals surface area (Å²) in [5.41, 5.74) is 7.95. The predicted octanol–water partition coefficient (Wildman–Crippen LogP) is 3.81. The number of aliphatic hydroxyl groups is 1.